The SMILES string of the molecule is CCN(CC1CCCO1)c1cc(N)cc(S(N)(=O)=O)c1. The van der Waals surface area contributed by atoms with Gasteiger partial charge in [-0.2, -0.15) is 0 Å². The predicted molar refractivity (Wildman–Crippen MR) is 79.1 cm³/mol. The molecule has 1 unspecified atom stereocenters. The summed E-state index contributed by atoms with van der Waals surface area (Å²) in [5, 5.41) is 5.17. The number of ether oxygens (including phenoxy) is 1. The van der Waals surface area contributed by atoms with Crippen molar-refractivity contribution < 1.29 is 13.2 Å². The molecule has 0 amide bonds. The smallest absolute Gasteiger partial charge is 0.238 e. The van der Waals surface area contributed by atoms with E-state index < -0.39 is 10.0 Å². The van der Waals surface area contributed by atoms with Crippen LogP contribution in [0.5, 0.6) is 0 Å². The third-order valence-electron chi connectivity index (χ3n) is 3.44. The first-order chi connectivity index (χ1) is 9.40. The maximum atomic E-state index is 11.5. The van der Waals surface area contributed by atoms with E-state index in [4.69, 9.17) is 15.6 Å². The number of anilines is 2. The van der Waals surface area contributed by atoms with Crippen LogP contribution in [0, 0.1) is 0 Å². The molecule has 1 saturated heterocycles. The standard InChI is InChI=1S/C13H21N3O3S/c1-2-16(9-12-4-3-5-19-12)11-6-10(14)7-13(8-11)20(15,17)18/h6-8,12H,2-5,9,14H2,1H3,(H2,15,17,18). The highest BCUT2D eigenvalue weighted by molar-refractivity contribution is 7.89. The van der Waals surface area contributed by atoms with Gasteiger partial charge in [0.2, 0.25) is 10.0 Å². The molecule has 112 valence electrons. The largest absolute Gasteiger partial charge is 0.399 e. The van der Waals surface area contributed by atoms with Crippen LogP contribution in [0.15, 0.2) is 23.1 Å². The van der Waals surface area contributed by atoms with E-state index in [-0.39, 0.29) is 11.0 Å². The van der Waals surface area contributed by atoms with E-state index in [1.54, 1.807) is 12.1 Å². The van der Waals surface area contributed by atoms with E-state index in [9.17, 15) is 8.42 Å². The summed E-state index contributed by atoms with van der Waals surface area (Å²) >= 11 is 0. The molecule has 1 atom stereocenters. The number of hydrogen-bond donors (Lipinski definition) is 2. The molecule has 1 heterocycles. The molecule has 1 aliphatic rings. The summed E-state index contributed by atoms with van der Waals surface area (Å²) in [5.74, 6) is 0. The molecule has 7 heteroatoms. The number of nitrogens with two attached hydrogens (primary N) is 2. The lowest BCUT2D eigenvalue weighted by molar-refractivity contribution is 0.115. The highest BCUT2D eigenvalue weighted by Gasteiger charge is 2.20. The van der Waals surface area contributed by atoms with E-state index in [0.29, 0.717) is 5.69 Å². The first-order valence-corrected chi connectivity index (χ1v) is 8.24. The molecule has 0 bridgehead atoms. The summed E-state index contributed by atoms with van der Waals surface area (Å²) in [6.07, 6.45) is 2.29. The summed E-state index contributed by atoms with van der Waals surface area (Å²) in [6.45, 7) is 4.27. The third kappa shape index (κ3) is 3.62. The van der Waals surface area contributed by atoms with E-state index in [2.05, 4.69) is 4.90 Å². The first-order valence-electron chi connectivity index (χ1n) is 6.70. The topological polar surface area (TPSA) is 98.7 Å². The Balaban J connectivity index is 2.26. The van der Waals surface area contributed by atoms with Gasteiger partial charge < -0.3 is 15.4 Å². The lowest BCUT2D eigenvalue weighted by atomic mass is 10.2. The summed E-state index contributed by atoms with van der Waals surface area (Å²) in [7, 11) is -3.75. The fraction of sp³-hybridized carbons (Fsp3) is 0.538. The lowest BCUT2D eigenvalue weighted by Gasteiger charge is -2.26. The average molecular weight is 299 g/mol. The summed E-state index contributed by atoms with van der Waals surface area (Å²) in [6, 6.07) is 4.69. The van der Waals surface area contributed by atoms with E-state index in [1.165, 1.54) is 6.07 Å². The molecule has 0 aromatic heterocycles. The Labute approximate surface area is 119 Å². The molecule has 2 rings (SSSR count). The quantitative estimate of drug-likeness (QED) is 0.788. The van der Waals surface area contributed by atoms with Gasteiger partial charge in [-0.05, 0) is 38.0 Å². The van der Waals surface area contributed by atoms with Crippen molar-refractivity contribution in [3.8, 4) is 0 Å². The number of nitrogens with zero attached hydrogens (tertiary/aromatic N) is 1. The second-order valence-electron chi connectivity index (χ2n) is 4.98. The average Bonchev–Trinajstić information content (AvgIpc) is 2.87. The van der Waals surface area contributed by atoms with E-state index in [0.717, 1.165) is 38.2 Å². The van der Waals surface area contributed by atoms with E-state index in [1.807, 2.05) is 6.92 Å². The van der Waals surface area contributed by atoms with Crippen LogP contribution in [0.25, 0.3) is 0 Å². The van der Waals surface area contributed by atoms with Crippen molar-refractivity contribution in [1.29, 1.82) is 0 Å². The minimum atomic E-state index is -3.75. The van der Waals surface area contributed by atoms with Crippen LogP contribution in [0.4, 0.5) is 11.4 Å². The van der Waals surface area contributed by atoms with Crippen LogP contribution >= 0.6 is 0 Å². The molecule has 0 saturated carbocycles. The molecule has 0 spiro atoms. The minimum absolute atomic E-state index is 0.0401. The molecular weight excluding hydrogens is 278 g/mol. The highest BCUT2D eigenvalue weighted by atomic mass is 32.2. The maximum absolute atomic E-state index is 11.5. The predicted octanol–water partition coefficient (Wildman–Crippen LogP) is 0.922. The lowest BCUT2D eigenvalue weighted by Crippen LogP contribution is -2.32. The fourth-order valence-electron chi connectivity index (χ4n) is 2.40. The van der Waals surface area contributed by atoms with E-state index >= 15 is 0 Å². The van der Waals surface area contributed by atoms with Crippen molar-refractivity contribution in [1.82, 2.24) is 0 Å². The number of likely N-dealkylation sites (N-methyl/N-ethyl adjacent to an activating group) is 1. The maximum Gasteiger partial charge on any atom is 0.238 e. The zero-order valence-corrected chi connectivity index (χ0v) is 12.4. The molecule has 1 aliphatic heterocycles. The molecule has 1 fully saturated rings. The van der Waals surface area contributed by atoms with Gasteiger partial charge >= 0.3 is 0 Å². The van der Waals surface area contributed by atoms with Crippen LogP contribution in [-0.4, -0.2) is 34.2 Å². The number of nitrogen functional groups attached to an aromatic ring is 1. The summed E-state index contributed by atoms with van der Waals surface area (Å²) < 4.78 is 28.6. The van der Waals surface area contributed by atoms with Crippen LogP contribution in [0.3, 0.4) is 0 Å². The zero-order chi connectivity index (χ0) is 14.8. The second kappa shape index (κ2) is 5.99. The molecule has 6 nitrogen and oxygen atoms in total. The summed E-state index contributed by atoms with van der Waals surface area (Å²) in [4.78, 5) is 2.10. The number of rotatable bonds is 5. The molecular formula is C13H21N3O3S. The first kappa shape index (κ1) is 15.1. The molecule has 20 heavy (non-hydrogen) atoms. The van der Waals surface area contributed by atoms with Gasteiger partial charge in [-0.15, -0.1) is 0 Å². The fourth-order valence-corrected chi connectivity index (χ4v) is 2.99. The van der Waals surface area contributed by atoms with Gasteiger partial charge in [0.1, 0.15) is 0 Å². The Morgan fingerprint density at radius 1 is 1.40 bits per heavy atom. The van der Waals surface area contributed by atoms with Gasteiger partial charge in [0, 0.05) is 31.1 Å². The van der Waals surface area contributed by atoms with Gasteiger partial charge in [0.05, 0.1) is 11.0 Å². The van der Waals surface area contributed by atoms with Gasteiger partial charge in [0.15, 0.2) is 0 Å². The number of benzene rings is 1. The van der Waals surface area contributed by atoms with Crippen molar-refractivity contribution in [2.75, 3.05) is 30.3 Å². The van der Waals surface area contributed by atoms with Crippen molar-refractivity contribution in [2.45, 2.75) is 30.8 Å². The van der Waals surface area contributed by atoms with Crippen LogP contribution in [0.2, 0.25) is 0 Å². The Hall–Kier alpha value is -1.31. The molecule has 0 radical (unpaired) electrons. The number of hydrogen-bond acceptors (Lipinski definition) is 5. The van der Waals surface area contributed by atoms with Gasteiger partial charge in [-0.3, -0.25) is 0 Å². The molecule has 1 aromatic rings. The number of sulfonamides is 1. The van der Waals surface area contributed by atoms with Crippen molar-refractivity contribution >= 4 is 21.4 Å². The molecule has 4 N–H and O–H groups in total. The van der Waals surface area contributed by atoms with Gasteiger partial charge in [-0.1, -0.05) is 0 Å². The van der Waals surface area contributed by atoms with Crippen LogP contribution < -0.4 is 15.8 Å². The monoisotopic (exact) mass is 299 g/mol. The normalized spacial score (nSPS) is 19.2. The van der Waals surface area contributed by atoms with Crippen molar-refractivity contribution in [3.05, 3.63) is 18.2 Å². The van der Waals surface area contributed by atoms with Gasteiger partial charge in [-0.25, -0.2) is 13.6 Å². The Bertz CT molecular complexity index is 568. The van der Waals surface area contributed by atoms with Crippen LogP contribution in [-0.2, 0) is 14.8 Å². The van der Waals surface area contributed by atoms with Crippen LogP contribution in [0.1, 0.15) is 19.8 Å². The Morgan fingerprint density at radius 3 is 2.70 bits per heavy atom. The third-order valence-corrected chi connectivity index (χ3v) is 4.33. The Kier molecular flexibility index (Phi) is 4.52. The highest BCUT2D eigenvalue weighted by Crippen LogP contribution is 2.24. The van der Waals surface area contributed by atoms with Crippen molar-refractivity contribution in [3.63, 3.8) is 0 Å². The second-order valence-corrected chi connectivity index (χ2v) is 6.54. The van der Waals surface area contributed by atoms with Crippen molar-refractivity contribution in [2.24, 2.45) is 5.14 Å². The Morgan fingerprint density at radius 2 is 2.15 bits per heavy atom. The van der Waals surface area contributed by atoms with Gasteiger partial charge in [0.25, 0.3) is 0 Å². The molecule has 0 aliphatic carbocycles. The zero-order valence-electron chi connectivity index (χ0n) is 11.6. The minimum Gasteiger partial charge on any atom is -0.399 e. The summed E-state index contributed by atoms with van der Waals surface area (Å²) in [5.41, 5.74) is 6.92. The number of primary sulfonamides is 1. The molecule has 1 aromatic carbocycles.